The van der Waals surface area contributed by atoms with Crippen LogP contribution in [-0.2, 0) is 20.0 Å². The van der Waals surface area contributed by atoms with Crippen LogP contribution in [0.15, 0.2) is 53.4 Å². The van der Waals surface area contributed by atoms with E-state index >= 15 is 0 Å². The number of carbonyl (C=O) groups excluding carboxylic acids is 1. The molecule has 0 aromatic heterocycles. The van der Waals surface area contributed by atoms with Crippen molar-refractivity contribution in [3.05, 3.63) is 65.5 Å². The van der Waals surface area contributed by atoms with E-state index in [-0.39, 0.29) is 17.5 Å². The third-order valence-corrected chi connectivity index (χ3v) is 6.72. The summed E-state index contributed by atoms with van der Waals surface area (Å²) in [5.41, 5.74) is 0.755. The van der Waals surface area contributed by atoms with E-state index < -0.39 is 21.3 Å². The number of benzene rings is 2. The number of hydrogen-bond acceptors (Lipinski definition) is 3. The minimum absolute atomic E-state index is 0.114. The number of amides is 1. The number of hydrogen-bond donors (Lipinski definition) is 1. The molecule has 2 aromatic rings. The fraction of sp³-hybridized carbons (Fsp3) is 0.278. The normalized spacial score (nSPS) is 22.6. The molecule has 0 bridgehead atoms. The number of nitrogens with one attached hydrogen (secondary N) is 1. The Hall–Kier alpha value is -2.21. The van der Waals surface area contributed by atoms with Crippen molar-refractivity contribution in [2.45, 2.75) is 29.2 Å². The Morgan fingerprint density at radius 2 is 1.75 bits per heavy atom. The molecule has 24 heavy (non-hydrogen) atoms. The van der Waals surface area contributed by atoms with Crippen molar-refractivity contribution in [1.29, 1.82) is 0 Å². The fourth-order valence-electron chi connectivity index (χ4n) is 3.41. The average molecular weight is 345 g/mol. The third-order valence-electron chi connectivity index (χ3n) is 4.90. The predicted molar refractivity (Wildman–Crippen MR) is 86.7 cm³/mol. The smallest absolute Gasteiger partial charge is 0.231 e. The number of carbonyl (C=O) groups is 1. The second kappa shape index (κ2) is 5.14. The van der Waals surface area contributed by atoms with Crippen LogP contribution in [0.25, 0.3) is 0 Å². The summed E-state index contributed by atoms with van der Waals surface area (Å²) in [6, 6.07) is 12.2. The zero-order valence-corrected chi connectivity index (χ0v) is 13.6. The highest BCUT2D eigenvalue weighted by atomic mass is 32.2. The molecule has 2 aromatic carbocycles. The van der Waals surface area contributed by atoms with Gasteiger partial charge < -0.3 is 5.32 Å². The standard InChI is InChI=1S/C18H16FNO3S/c19-13-7-5-12(6-8-13)18(9-10-18)17(21)20-15-11-24(22,23)16-4-2-1-3-14(15)16/h1-8,15H,9-11H2,(H,20,21)/t15-/m1/s1. The molecule has 6 heteroatoms. The lowest BCUT2D eigenvalue weighted by molar-refractivity contribution is -0.124. The van der Waals surface area contributed by atoms with Gasteiger partial charge in [-0.05, 0) is 42.2 Å². The Kier molecular flexibility index (Phi) is 3.28. The van der Waals surface area contributed by atoms with Crippen LogP contribution in [0, 0.1) is 5.82 Å². The largest absolute Gasteiger partial charge is 0.347 e. The Bertz CT molecular complexity index is 918. The summed E-state index contributed by atoms with van der Waals surface area (Å²) in [6.45, 7) is 0. The topological polar surface area (TPSA) is 63.2 Å². The number of sulfone groups is 1. The van der Waals surface area contributed by atoms with Gasteiger partial charge in [0.1, 0.15) is 5.82 Å². The lowest BCUT2D eigenvalue weighted by Gasteiger charge is -2.19. The molecule has 1 aliphatic carbocycles. The van der Waals surface area contributed by atoms with E-state index in [0.29, 0.717) is 23.3 Å². The number of fused-ring (bicyclic) bond motifs is 1. The Morgan fingerprint density at radius 3 is 2.42 bits per heavy atom. The van der Waals surface area contributed by atoms with Crippen LogP contribution >= 0.6 is 0 Å². The van der Waals surface area contributed by atoms with Gasteiger partial charge in [0.15, 0.2) is 9.84 Å². The van der Waals surface area contributed by atoms with Crippen molar-refractivity contribution in [3.63, 3.8) is 0 Å². The second-order valence-electron chi connectivity index (χ2n) is 6.43. The molecular weight excluding hydrogens is 329 g/mol. The Balaban J connectivity index is 1.61. The highest BCUT2D eigenvalue weighted by Gasteiger charge is 2.52. The summed E-state index contributed by atoms with van der Waals surface area (Å²) in [4.78, 5) is 13.1. The molecule has 1 amide bonds. The van der Waals surface area contributed by atoms with Gasteiger partial charge in [0.05, 0.1) is 22.1 Å². The summed E-state index contributed by atoms with van der Waals surface area (Å²) >= 11 is 0. The molecule has 1 N–H and O–H groups in total. The van der Waals surface area contributed by atoms with Crippen LogP contribution in [0.4, 0.5) is 4.39 Å². The van der Waals surface area contributed by atoms with Crippen LogP contribution in [0.5, 0.6) is 0 Å². The molecule has 1 aliphatic heterocycles. The van der Waals surface area contributed by atoms with E-state index in [0.717, 1.165) is 5.56 Å². The van der Waals surface area contributed by atoms with Crippen LogP contribution in [0.2, 0.25) is 0 Å². The Labute approximate surface area is 139 Å². The van der Waals surface area contributed by atoms with Gasteiger partial charge in [0.25, 0.3) is 0 Å². The summed E-state index contributed by atoms with van der Waals surface area (Å²) in [5.74, 6) is -0.644. The number of halogens is 1. The molecule has 1 fully saturated rings. The van der Waals surface area contributed by atoms with E-state index in [1.807, 2.05) is 0 Å². The SMILES string of the molecule is O=C(N[C@@H]1CS(=O)(=O)c2ccccc21)C1(c2ccc(F)cc2)CC1. The van der Waals surface area contributed by atoms with Crippen LogP contribution in [0.1, 0.15) is 30.0 Å². The third kappa shape index (κ3) is 2.33. The van der Waals surface area contributed by atoms with Gasteiger partial charge in [-0.15, -0.1) is 0 Å². The van der Waals surface area contributed by atoms with Gasteiger partial charge in [-0.25, -0.2) is 12.8 Å². The molecule has 0 saturated heterocycles. The first-order valence-electron chi connectivity index (χ1n) is 7.81. The van der Waals surface area contributed by atoms with Gasteiger partial charge in [-0.2, -0.15) is 0 Å². The molecule has 4 nitrogen and oxygen atoms in total. The molecule has 1 heterocycles. The van der Waals surface area contributed by atoms with Crippen molar-refractivity contribution < 1.29 is 17.6 Å². The number of rotatable bonds is 3. The minimum Gasteiger partial charge on any atom is -0.347 e. The van der Waals surface area contributed by atoms with Crippen molar-refractivity contribution in [3.8, 4) is 0 Å². The van der Waals surface area contributed by atoms with E-state index in [1.165, 1.54) is 12.1 Å². The zero-order chi connectivity index (χ0) is 16.9. The highest BCUT2D eigenvalue weighted by molar-refractivity contribution is 7.91. The quantitative estimate of drug-likeness (QED) is 0.930. The minimum atomic E-state index is -3.36. The molecule has 0 radical (unpaired) electrons. The van der Waals surface area contributed by atoms with E-state index in [9.17, 15) is 17.6 Å². The molecule has 4 rings (SSSR count). The van der Waals surface area contributed by atoms with Crippen LogP contribution in [0.3, 0.4) is 0 Å². The second-order valence-corrected chi connectivity index (χ2v) is 8.44. The molecular formula is C18H16FNO3S. The maximum atomic E-state index is 13.1. The molecule has 0 unspecified atom stereocenters. The van der Waals surface area contributed by atoms with Gasteiger partial charge in [-0.3, -0.25) is 4.79 Å². The Morgan fingerprint density at radius 1 is 1.08 bits per heavy atom. The van der Waals surface area contributed by atoms with Crippen molar-refractivity contribution >= 4 is 15.7 Å². The maximum absolute atomic E-state index is 13.1. The van der Waals surface area contributed by atoms with Crippen molar-refractivity contribution in [2.24, 2.45) is 0 Å². The van der Waals surface area contributed by atoms with Crippen molar-refractivity contribution in [1.82, 2.24) is 5.32 Å². The fourth-order valence-corrected chi connectivity index (χ4v) is 5.14. The van der Waals surface area contributed by atoms with Gasteiger partial charge in [0.2, 0.25) is 5.91 Å². The van der Waals surface area contributed by atoms with Crippen LogP contribution < -0.4 is 5.32 Å². The van der Waals surface area contributed by atoms with E-state index in [1.54, 1.807) is 36.4 Å². The highest BCUT2D eigenvalue weighted by Crippen LogP contribution is 2.49. The molecule has 0 spiro atoms. The summed E-state index contributed by atoms with van der Waals surface area (Å²) in [7, 11) is -3.36. The lowest BCUT2D eigenvalue weighted by atomic mass is 9.94. The monoisotopic (exact) mass is 345 g/mol. The molecule has 1 saturated carbocycles. The molecule has 124 valence electrons. The maximum Gasteiger partial charge on any atom is 0.231 e. The first-order valence-corrected chi connectivity index (χ1v) is 9.46. The summed E-state index contributed by atoms with van der Waals surface area (Å²) < 4.78 is 37.6. The van der Waals surface area contributed by atoms with Crippen molar-refractivity contribution in [2.75, 3.05) is 5.75 Å². The molecule has 1 atom stereocenters. The van der Waals surface area contributed by atoms with E-state index in [2.05, 4.69) is 5.32 Å². The summed E-state index contributed by atoms with van der Waals surface area (Å²) in [5, 5.41) is 2.89. The summed E-state index contributed by atoms with van der Waals surface area (Å²) in [6.07, 6.45) is 1.37. The predicted octanol–water partition coefficient (Wildman–Crippen LogP) is 2.50. The first-order chi connectivity index (χ1) is 11.4. The van der Waals surface area contributed by atoms with Gasteiger partial charge >= 0.3 is 0 Å². The molecule has 2 aliphatic rings. The van der Waals surface area contributed by atoms with Crippen LogP contribution in [-0.4, -0.2) is 20.1 Å². The van der Waals surface area contributed by atoms with Gasteiger partial charge in [-0.1, -0.05) is 30.3 Å². The van der Waals surface area contributed by atoms with Gasteiger partial charge in [0, 0.05) is 0 Å². The average Bonchev–Trinajstić information content (AvgIpc) is 3.32. The first kappa shape index (κ1) is 15.3. The zero-order valence-electron chi connectivity index (χ0n) is 12.8. The van der Waals surface area contributed by atoms with E-state index in [4.69, 9.17) is 0 Å². The lowest BCUT2D eigenvalue weighted by Crippen LogP contribution is -2.38.